The van der Waals surface area contributed by atoms with E-state index in [1.807, 2.05) is 30.3 Å². The van der Waals surface area contributed by atoms with Crippen LogP contribution in [0.15, 0.2) is 59.4 Å². The highest BCUT2D eigenvalue weighted by atomic mass is 16.5. The van der Waals surface area contributed by atoms with Gasteiger partial charge in [0.05, 0.1) is 12.8 Å². The number of carbonyl (C=O) groups excluding carboxylic acids is 1. The SMILES string of the molecule is COc1nc(-c2cnc(C(C)(C)O)nc2)ccc1NC(=O)c1c(-c2ccccc2)noc1C. The van der Waals surface area contributed by atoms with Crippen molar-refractivity contribution in [2.75, 3.05) is 12.4 Å². The molecule has 0 fully saturated rings. The summed E-state index contributed by atoms with van der Waals surface area (Å²) in [5, 5.41) is 16.9. The van der Waals surface area contributed by atoms with Crippen LogP contribution < -0.4 is 10.1 Å². The molecule has 0 atom stereocenters. The van der Waals surface area contributed by atoms with Gasteiger partial charge in [0.25, 0.3) is 5.91 Å². The maximum absolute atomic E-state index is 13.1. The van der Waals surface area contributed by atoms with Crippen LogP contribution in [0.3, 0.4) is 0 Å². The summed E-state index contributed by atoms with van der Waals surface area (Å²) in [7, 11) is 1.47. The normalized spacial score (nSPS) is 11.3. The van der Waals surface area contributed by atoms with E-state index in [2.05, 4.69) is 25.4 Å². The predicted octanol–water partition coefficient (Wildman–Crippen LogP) is 3.99. The number of nitrogens with one attached hydrogen (secondary N) is 1. The lowest BCUT2D eigenvalue weighted by Gasteiger charge is -2.15. The van der Waals surface area contributed by atoms with Crippen LogP contribution >= 0.6 is 0 Å². The largest absolute Gasteiger partial charge is 0.479 e. The zero-order valence-electron chi connectivity index (χ0n) is 18.7. The number of ether oxygens (including phenoxy) is 1. The number of aromatic nitrogens is 4. The second kappa shape index (κ2) is 8.79. The van der Waals surface area contributed by atoms with E-state index in [1.54, 1.807) is 45.3 Å². The van der Waals surface area contributed by atoms with Gasteiger partial charge >= 0.3 is 0 Å². The van der Waals surface area contributed by atoms with Crippen molar-refractivity contribution in [1.82, 2.24) is 20.1 Å². The minimum atomic E-state index is -1.14. The standard InChI is InChI=1S/C24H23N5O4/c1-14-19(20(29-33-14)15-8-6-5-7-9-15)21(30)27-18-11-10-17(28-22(18)32-4)16-12-25-23(26-13-16)24(2,3)31/h5-13,31H,1-4H3,(H,27,30). The molecule has 0 spiro atoms. The highest BCUT2D eigenvalue weighted by molar-refractivity contribution is 6.09. The molecule has 0 aliphatic rings. The lowest BCUT2D eigenvalue weighted by atomic mass is 10.1. The Labute approximate surface area is 190 Å². The van der Waals surface area contributed by atoms with Crippen molar-refractivity contribution < 1.29 is 19.2 Å². The first-order valence-corrected chi connectivity index (χ1v) is 10.2. The van der Waals surface area contributed by atoms with E-state index in [0.29, 0.717) is 39.8 Å². The monoisotopic (exact) mass is 445 g/mol. The third kappa shape index (κ3) is 4.58. The smallest absolute Gasteiger partial charge is 0.261 e. The molecule has 33 heavy (non-hydrogen) atoms. The fourth-order valence-corrected chi connectivity index (χ4v) is 3.25. The Kier molecular flexibility index (Phi) is 5.89. The maximum Gasteiger partial charge on any atom is 0.261 e. The molecule has 0 saturated heterocycles. The van der Waals surface area contributed by atoms with E-state index in [4.69, 9.17) is 9.26 Å². The van der Waals surface area contributed by atoms with Crippen LogP contribution in [0.4, 0.5) is 5.69 Å². The van der Waals surface area contributed by atoms with Crippen molar-refractivity contribution in [1.29, 1.82) is 0 Å². The number of aliphatic hydroxyl groups is 1. The average Bonchev–Trinajstić information content (AvgIpc) is 3.21. The Balaban J connectivity index is 1.61. The summed E-state index contributed by atoms with van der Waals surface area (Å²) in [6, 6.07) is 12.7. The molecular formula is C24H23N5O4. The first-order chi connectivity index (χ1) is 15.8. The van der Waals surface area contributed by atoms with Crippen LogP contribution in [0.5, 0.6) is 5.88 Å². The molecule has 0 unspecified atom stereocenters. The number of carbonyl (C=O) groups is 1. The molecule has 9 heteroatoms. The third-order valence-corrected chi connectivity index (χ3v) is 4.93. The van der Waals surface area contributed by atoms with Gasteiger partial charge in [-0.2, -0.15) is 0 Å². The van der Waals surface area contributed by atoms with Gasteiger partial charge in [-0.15, -0.1) is 0 Å². The molecule has 9 nitrogen and oxygen atoms in total. The number of aryl methyl sites for hydroxylation is 1. The van der Waals surface area contributed by atoms with Crippen molar-refractivity contribution in [3.05, 3.63) is 72.0 Å². The van der Waals surface area contributed by atoms with E-state index in [-0.39, 0.29) is 5.88 Å². The van der Waals surface area contributed by atoms with E-state index < -0.39 is 11.5 Å². The van der Waals surface area contributed by atoms with Gasteiger partial charge in [0.15, 0.2) is 5.82 Å². The first-order valence-electron chi connectivity index (χ1n) is 10.2. The van der Waals surface area contributed by atoms with Gasteiger partial charge in [-0.25, -0.2) is 15.0 Å². The Bertz CT molecular complexity index is 1280. The van der Waals surface area contributed by atoms with Crippen molar-refractivity contribution in [2.45, 2.75) is 26.4 Å². The van der Waals surface area contributed by atoms with Gasteiger partial charge in [-0.1, -0.05) is 35.5 Å². The Morgan fingerprint density at radius 1 is 1.06 bits per heavy atom. The Morgan fingerprint density at radius 3 is 2.39 bits per heavy atom. The minimum absolute atomic E-state index is 0.225. The van der Waals surface area contributed by atoms with Gasteiger partial charge in [0, 0.05) is 23.5 Å². The van der Waals surface area contributed by atoms with Crippen LogP contribution in [-0.2, 0) is 5.60 Å². The third-order valence-electron chi connectivity index (χ3n) is 4.93. The second-order valence-electron chi connectivity index (χ2n) is 7.89. The predicted molar refractivity (Wildman–Crippen MR) is 122 cm³/mol. The molecule has 1 amide bonds. The van der Waals surface area contributed by atoms with Crippen LogP contribution in [0.25, 0.3) is 22.5 Å². The summed E-state index contributed by atoms with van der Waals surface area (Å²) >= 11 is 0. The van der Waals surface area contributed by atoms with Crippen LogP contribution in [-0.4, -0.2) is 38.2 Å². The van der Waals surface area contributed by atoms with Gasteiger partial charge in [-0.3, -0.25) is 4.79 Å². The molecule has 4 aromatic rings. The lowest BCUT2D eigenvalue weighted by Crippen LogP contribution is -2.19. The zero-order valence-corrected chi connectivity index (χ0v) is 18.7. The number of methoxy groups -OCH3 is 1. The van der Waals surface area contributed by atoms with E-state index in [1.165, 1.54) is 7.11 Å². The molecule has 168 valence electrons. The molecule has 0 bridgehead atoms. The van der Waals surface area contributed by atoms with Crippen LogP contribution in [0.1, 0.15) is 35.8 Å². The first kappa shape index (κ1) is 22.1. The van der Waals surface area contributed by atoms with Gasteiger partial charge in [0.1, 0.15) is 28.3 Å². The van der Waals surface area contributed by atoms with E-state index >= 15 is 0 Å². The van der Waals surface area contributed by atoms with Crippen LogP contribution in [0, 0.1) is 6.92 Å². The lowest BCUT2D eigenvalue weighted by molar-refractivity contribution is 0.0687. The quantitative estimate of drug-likeness (QED) is 0.457. The summed E-state index contributed by atoms with van der Waals surface area (Å²) in [4.78, 5) is 26.0. The number of anilines is 1. The highest BCUT2D eigenvalue weighted by Gasteiger charge is 2.23. The number of benzene rings is 1. The van der Waals surface area contributed by atoms with Gasteiger partial charge in [0.2, 0.25) is 5.88 Å². The number of nitrogens with zero attached hydrogens (tertiary/aromatic N) is 4. The number of hydrogen-bond donors (Lipinski definition) is 2. The molecule has 3 aromatic heterocycles. The number of rotatable bonds is 6. The summed E-state index contributed by atoms with van der Waals surface area (Å²) in [6.45, 7) is 4.91. The summed E-state index contributed by atoms with van der Waals surface area (Å²) < 4.78 is 10.7. The van der Waals surface area contributed by atoms with Crippen molar-refractivity contribution in [2.24, 2.45) is 0 Å². The fourth-order valence-electron chi connectivity index (χ4n) is 3.25. The number of hydrogen-bond acceptors (Lipinski definition) is 8. The average molecular weight is 445 g/mol. The van der Waals surface area contributed by atoms with Gasteiger partial charge < -0.3 is 19.7 Å². The Morgan fingerprint density at radius 2 is 1.76 bits per heavy atom. The molecule has 4 rings (SSSR count). The highest BCUT2D eigenvalue weighted by Crippen LogP contribution is 2.30. The minimum Gasteiger partial charge on any atom is -0.479 e. The van der Waals surface area contributed by atoms with Crippen molar-refractivity contribution in [3.8, 4) is 28.4 Å². The van der Waals surface area contributed by atoms with E-state index in [0.717, 1.165) is 5.56 Å². The fraction of sp³-hybridized carbons (Fsp3) is 0.208. The molecule has 2 N–H and O–H groups in total. The number of amides is 1. The second-order valence-corrected chi connectivity index (χ2v) is 7.89. The molecular weight excluding hydrogens is 422 g/mol. The van der Waals surface area contributed by atoms with Crippen molar-refractivity contribution in [3.63, 3.8) is 0 Å². The summed E-state index contributed by atoms with van der Waals surface area (Å²) in [5.74, 6) is 0.542. The van der Waals surface area contributed by atoms with E-state index in [9.17, 15) is 9.90 Å². The summed E-state index contributed by atoms with van der Waals surface area (Å²) in [5.41, 5.74) is 2.00. The molecule has 1 aromatic carbocycles. The molecule has 3 heterocycles. The maximum atomic E-state index is 13.1. The zero-order chi connectivity index (χ0) is 23.6. The molecule has 0 aliphatic heterocycles. The number of pyridine rings is 1. The Hall–Kier alpha value is -4.11. The molecule has 0 saturated carbocycles. The topological polar surface area (TPSA) is 123 Å². The van der Waals surface area contributed by atoms with Crippen LogP contribution in [0.2, 0.25) is 0 Å². The van der Waals surface area contributed by atoms with Crippen molar-refractivity contribution >= 4 is 11.6 Å². The molecule has 0 aliphatic carbocycles. The van der Waals surface area contributed by atoms with Gasteiger partial charge in [-0.05, 0) is 32.9 Å². The summed E-state index contributed by atoms with van der Waals surface area (Å²) in [6.07, 6.45) is 3.15. The molecule has 0 radical (unpaired) electrons.